The fourth-order valence-electron chi connectivity index (χ4n) is 9.01. The number of hydrogen-bond acceptors (Lipinski definition) is 14. The average molecular weight is 1200 g/mol. The molecule has 0 aliphatic heterocycles. The van der Waals surface area contributed by atoms with Crippen LogP contribution in [0.2, 0.25) is 103 Å². The summed E-state index contributed by atoms with van der Waals surface area (Å²) < 4.78 is 41.0. The maximum absolute atomic E-state index is 9.89. The lowest BCUT2D eigenvalue weighted by Gasteiger charge is -2.37. The van der Waals surface area contributed by atoms with E-state index in [4.69, 9.17) is 38.4 Å². The average Bonchev–Trinajstić information content (AvgIpc) is 3.98. The molecule has 16 nitrogen and oxygen atoms in total. The topological polar surface area (TPSA) is 163 Å². The number of aliphatic hydroxyl groups excluding tert-OH is 2. The van der Waals surface area contributed by atoms with E-state index in [1.807, 2.05) is 21.3 Å². The molecule has 0 radical (unpaired) electrons. The van der Waals surface area contributed by atoms with Gasteiger partial charge < -0.3 is 48.4 Å². The molecule has 4 aromatic rings. The number of aliphatic hydroxyl groups is 2. The van der Waals surface area contributed by atoms with Crippen LogP contribution in [0.4, 0.5) is 11.6 Å². The number of rotatable bonds is 28. The first-order valence-corrected chi connectivity index (χ1v) is 42.7. The maximum Gasteiger partial charge on any atom is 0.171 e. The minimum atomic E-state index is -1.18. The number of fused-ring (bicyclic) bond motifs is 2. The molecule has 6 rings (SSSR count). The Hall–Kier alpha value is -1.88. The quantitative estimate of drug-likeness (QED) is 0.0239. The van der Waals surface area contributed by atoms with Crippen molar-refractivity contribution < 1.29 is 38.6 Å². The molecule has 0 spiro atoms. The summed E-state index contributed by atoms with van der Waals surface area (Å²) >= 11 is 2.31. The number of nitrogens with zero attached hydrogens (tertiary/aromatic N) is 8. The van der Waals surface area contributed by atoms with Gasteiger partial charge in [-0.2, -0.15) is 19.2 Å². The largest absolute Gasteiger partial charge is 0.393 e. The smallest absolute Gasteiger partial charge is 0.171 e. The summed E-state index contributed by atoms with van der Waals surface area (Å²) in [5.74, 6) is 2.54. The second-order valence-electron chi connectivity index (χ2n) is 25.5. The van der Waals surface area contributed by atoms with Gasteiger partial charge in [0.05, 0.1) is 40.4 Å². The lowest BCUT2D eigenvalue weighted by Crippen LogP contribution is -2.39. The van der Waals surface area contributed by atoms with Gasteiger partial charge in [-0.1, -0.05) is 78.6 Å². The Balaban J connectivity index is 0.000000271. The SMILES string of the molecule is COC1(CO)CCC(c2cc(N(COCC[Si](C)(C)C)COCC[Si](C)(C)C)n3ncc(I)c3n2)CC1.COC1(CO)CCC(c2cc(N(COCC[Si](C)(C)C)COCC[Si](C)(C)C)n3nccc3n2)CC1. The van der Waals surface area contributed by atoms with Gasteiger partial charge >= 0.3 is 0 Å². The molecular formula is C52H95IN8O8Si4. The summed E-state index contributed by atoms with van der Waals surface area (Å²) in [5, 5.41) is 29.0. The lowest BCUT2D eigenvalue weighted by molar-refractivity contribution is -0.0785. The van der Waals surface area contributed by atoms with Crippen LogP contribution in [0.1, 0.15) is 74.6 Å². The van der Waals surface area contributed by atoms with Crippen LogP contribution >= 0.6 is 22.6 Å². The monoisotopic (exact) mass is 1200 g/mol. The molecule has 0 atom stereocenters. The van der Waals surface area contributed by atoms with E-state index in [0.717, 1.165) is 140 Å². The van der Waals surface area contributed by atoms with Crippen molar-refractivity contribution in [3.05, 3.63) is 45.6 Å². The zero-order valence-corrected chi connectivity index (χ0v) is 53.6. The van der Waals surface area contributed by atoms with Gasteiger partial charge in [-0.15, -0.1) is 0 Å². The van der Waals surface area contributed by atoms with E-state index in [1.54, 1.807) is 20.4 Å². The van der Waals surface area contributed by atoms with Crippen molar-refractivity contribution in [1.29, 1.82) is 0 Å². The minimum absolute atomic E-state index is 0.0613. The third-order valence-electron chi connectivity index (χ3n) is 14.5. The molecule has 2 saturated carbocycles. The third kappa shape index (κ3) is 19.5. The molecule has 0 bridgehead atoms. The molecule has 73 heavy (non-hydrogen) atoms. The number of methoxy groups -OCH3 is 2. The highest BCUT2D eigenvalue weighted by Gasteiger charge is 2.38. The van der Waals surface area contributed by atoms with Gasteiger partial charge in [0.25, 0.3) is 0 Å². The number of anilines is 2. The summed E-state index contributed by atoms with van der Waals surface area (Å²) in [6.07, 6.45) is 10.7. The van der Waals surface area contributed by atoms with Crippen molar-refractivity contribution in [2.24, 2.45) is 0 Å². The summed E-state index contributed by atoms with van der Waals surface area (Å²) in [5.41, 5.74) is 3.00. The summed E-state index contributed by atoms with van der Waals surface area (Å²) in [6.45, 7) is 33.4. The van der Waals surface area contributed by atoms with Crippen molar-refractivity contribution in [3.63, 3.8) is 0 Å². The Morgan fingerprint density at radius 2 is 0.945 bits per heavy atom. The molecule has 2 fully saturated rings. The minimum Gasteiger partial charge on any atom is -0.393 e. The zero-order chi connectivity index (χ0) is 53.7. The highest BCUT2D eigenvalue weighted by Crippen LogP contribution is 2.41. The predicted octanol–water partition coefficient (Wildman–Crippen LogP) is 11.0. The molecular weight excluding hydrogens is 1100 g/mol. The molecule has 2 N–H and O–H groups in total. The molecule has 2 aliphatic rings. The van der Waals surface area contributed by atoms with E-state index >= 15 is 0 Å². The molecule has 4 aromatic heterocycles. The Morgan fingerprint density at radius 1 is 0.575 bits per heavy atom. The van der Waals surface area contributed by atoms with Crippen LogP contribution < -0.4 is 9.80 Å². The first-order chi connectivity index (χ1) is 34.3. The van der Waals surface area contributed by atoms with Gasteiger partial charge in [0, 0.05) is 114 Å². The fourth-order valence-corrected chi connectivity index (χ4v) is 12.5. The predicted molar refractivity (Wildman–Crippen MR) is 316 cm³/mol. The zero-order valence-electron chi connectivity index (χ0n) is 47.4. The summed E-state index contributed by atoms with van der Waals surface area (Å²) in [4.78, 5) is 14.3. The van der Waals surface area contributed by atoms with Gasteiger partial charge in [0.15, 0.2) is 11.3 Å². The van der Waals surface area contributed by atoms with Gasteiger partial charge in [-0.05, 0) is 98.1 Å². The number of aromatic nitrogens is 6. The van der Waals surface area contributed by atoms with Crippen molar-refractivity contribution in [3.8, 4) is 0 Å². The van der Waals surface area contributed by atoms with E-state index in [2.05, 4.69) is 133 Å². The number of hydrogen-bond donors (Lipinski definition) is 2. The van der Waals surface area contributed by atoms with Crippen LogP contribution in [0, 0.1) is 3.57 Å². The Labute approximate surface area is 456 Å². The number of halogens is 1. The second kappa shape index (κ2) is 27.6. The third-order valence-corrected chi connectivity index (χ3v) is 22.1. The van der Waals surface area contributed by atoms with E-state index in [9.17, 15) is 10.2 Å². The van der Waals surface area contributed by atoms with Crippen LogP contribution in [0.5, 0.6) is 0 Å². The van der Waals surface area contributed by atoms with E-state index in [1.165, 1.54) is 0 Å². The molecule has 0 unspecified atom stereocenters. The standard InChI is InChI=1S/C26H47IN4O4Si2.C26H48N4O4Si2/c1-33-26(18-32)10-8-21(9-11-26)23-16-24(31-25(29-23)22(27)17-28-31)30(19-34-12-14-36(2,3)4)20-35-13-15-37(5,6)7;1-32-26(19-31)11-8-22(9-12-26)23-18-25(30-24(28-23)10-13-27-30)29(20-33-14-16-35(2,3)4)21-34-15-17-36(5,6)7/h16-17,21,32H,8-15,18-20H2,1-7H3;10,13,18,22,31H,8-9,11-12,14-17,19-21H2,1-7H3. The Bertz CT molecular complexity index is 2210. The second-order valence-corrected chi connectivity index (χ2v) is 49.2. The van der Waals surface area contributed by atoms with E-state index in [0.29, 0.717) is 38.8 Å². The molecule has 21 heteroatoms. The molecule has 414 valence electrons. The first kappa shape index (κ1) is 62.0. The van der Waals surface area contributed by atoms with Gasteiger partial charge in [0.1, 0.15) is 38.6 Å². The van der Waals surface area contributed by atoms with Crippen molar-refractivity contribution in [2.75, 3.05) is 90.6 Å². The van der Waals surface area contributed by atoms with E-state index in [-0.39, 0.29) is 13.2 Å². The van der Waals surface area contributed by atoms with Crippen molar-refractivity contribution in [2.45, 2.75) is 177 Å². The van der Waals surface area contributed by atoms with Crippen LogP contribution in [-0.2, 0) is 28.4 Å². The van der Waals surface area contributed by atoms with Crippen LogP contribution in [0.3, 0.4) is 0 Å². The number of ether oxygens (including phenoxy) is 6. The summed E-state index contributed by atoms with van der Waals surface area (Å²) in [7, 11) is -1.29. The molecule has 0 amide bonds. The van der Waals surface area contributed by atoms with E-state index < -0.39 is 43.5 Å². The summed E-state index contributed by atoms with van der Waals surface area (Å²) in [6, 6.07) is 10.8. The molecule has 0 saturated heterocycles. The molecule has 4 heterocycles. The van der Waals surface area contributed by atoms with Crippen molar-refractivity contribution >= 4 is 77.8 Å². The Morgan fingerprint density at radius 3 is 1.30 bits per heavy atom. The highest BCUT2D eigenvalue weighted by atomic mass is 127. The van der Waals surface area contributed by atoms with Crippen LogP contribution in [0.25, 0.3) is 11.3 Å². The Kier molecular flexibility index (Phi) is 23.4. The van der Waals surface area contributed by atoms with Crippen molar-refractivity contribution in [1.82, 2.24) is 29.2 Å². The van der Waals surface area contributed by atoms with Gasteiger partial charge in [-0.3, -0.25) is 0 Å². The van der Waals surface area contributed by atoms with Gasteiger partial charge in [-0.25, -0.2) is 9.97 Å². The highest BCUT2D eigenvalue weighted by molar-refractivity contribution is 14.1. The molecule has 2 aliphatic carbocycles. The van der Waals surface area contributed by atoms with Crippen LogP contribution in [0.15, 0.2) is 30.6 Å². The lowest BCUT2D eigenvalue weighted by atomic mass is 9.77. The normalized spacial score (nSPS) is 21.2. The maximum atomic E-state index is 9.89. The van der Waals surface area contributed by atoms with Gasteiger partial charge in [0.2, 0.25) is 0 Å². The molecule has 0 aromatic carbocycles. The van der Waals surface area contributed by atoms with Crippen LogP contribution in [-0.4, -0.2) is 164 Å². The first-order valence-electron chi connectivity index (χ1n) is 26.8. The fraction of sp³-hybridized carbons (Fsp3) is 0.769.